The summed E-state index contributed by atoms with van der Waals surface area (Å²) in [5.41, 5.74) is 1.39. The molecule has 0 aliphatic carbocycles. The molecule has 1 atom stereocenters. The Labute approximate surface area is 145 Å². The number of piperidine rings is 1. The van der Waals surface area contributed by atoms with Crippen LogP contribution in [0.3, 0.4) is 0 Å². The Kier molecular flexibility index (Phi) is 5.11. The normalized spacial score (nSPS) is 19.6. The third-order valence-electron chi connectivity index (χ3n) is 4.48. The number of ether oxygens (including phenoxy) is 1. The van der Waals surface area contributed by atoms with E-state index in [0.717, 1.165) is 24.7 Å². The van der Waals surface area contributed by atoms with E-state index in [4.69, 9.17) is 4.74 Å². The molecule has 2 aliphatic rings. The maximum absolute atomic E-state index is 12.7. The van der Waals surface area contributed by atoms with Crippen molar-refractivity contribution < 1.29 is 23.9 Å². The van der Waals surface area contributed by atoms with Gasteiger partial charge in [0, 0.05) is 24.9 Å². The van der Waals surface area contributed by atoms with E-state index in [1.165, 1.54) is 4.90 Å². The van der Waals surface area contributed by atoms with Gasteiger partial charge in [-0.05, 0) is 37.0 Å². The highest BCUT2D eigenvalue weighted by Crippen LogP contribution is 2.30. The lowest BCUT2D eigenvalue weighted by Crippen LogP contribution is -2.52. The van der Waals surface area contributed by atoms with Gasteiger partial charge in [0.25, 0.3) is 5.91 Å². The van der Waals surface area contributed by atoms with E-state index in [-0.39, 0.29) is 18.2 Å². The minimum atomic E-state index is -0.606. The van der Waals surface area contributed by atoms with Crippen LogP contribution in [0.5, 0.6) is 5.75 Å². The second kappa shape index (κ2) is 7.46. The van der Waals surface area contributed by atoms with Crippen LogP contribution in [0.4, 0.5) is 0 Å². The summed E-state index contributed by atoms with van der Waals surface area (Å²) in [5, 5.41) is 2.29. The fraction of sp³-hybridized carbons (Fsp3) is 0.444. The number of rotatable bonds is 7. The molecule has 1 aromatic carbocycles. The van der Waals surface area contributed by atoms with Gasteiger partial charge in [0.15, 0.2) is 0 Å². The molecule has 0 saturated carbocycles. The van der Waals surface area contributed by atoms with Gasteiger partial charge in [0.2, 0.25) is 11.8 Å². The number of aldehydes is 1. The number of nitrogens with one attached hydrogen (secondary N) is 1. The molecule has 0 bridgehead atoms. The zero-order valence-corrected chi connectivity index (χ0v) is 13.8. The minimum Gasteiger partial charge on any atom is -0.494 e. The zero-order valence-electron chi connectivity index (χ0n) is 13.8. The average molecular weight is 344 g/mol. The number of imide groups is 1. The standard InChI is InChI=1S/C18H20N2O5/c21-8-2-1-3-9-25-13-5-4-12-11-20(18(24)14(12)10-13)15-6-7-16(22)19-17(15)23/h4-5,8,10,15H,1-3,6-7,9,11H2,(H,19,22,23). The third-order valence-corrected chi connectivity index (χ3v) is 4.48. The van der Waals surface area contributed by atoms with Gasteiger partial charge in [-0.2, -0.15) is 0 Å². The smallest absolute Gasteiger partial charge is 0.255 e. The molecule has 2 aliphatic heterocycles. The van der Waals surface area contributed by atoms with Gasteiger partial charge in [-0.25, -0.2) is 0 Å². The maximum atomic E-state index is 12.7. The fourth-order valence-corrected chi connectivity index (χ4v) is 3.14. The summed E-state index contributed by atoms with van der Waals surface area (Å²) in [7, 11) is 0. The summed E-state index contributed by atoms with van der Waals surface area (Å²) in [6.07, 6.45) is 3.55. The van der Waals surface area contributed by atoms with Crippen LogP contribution in [0.15, 0.2) is 18.2 Å². The molecule has 0 spiro atoms. The molecule has 3 rings (SSSR count). The number of carbonyl (C=O) groups is 4. The molecule has 1 fully saturated rings. The fourth-order valence-electron chi connectivity index (χ4n) is 3.14. The lowest BCUT2D eigenvalue weighted by atomic mass is 10.0. The van der Waals surface area contributed by atoms with E-state index in [2.05, 4.69) is 5.32 Å². The van der Waals surface area contributed by atoms with Gasteiger partial charge in [0.1, 0.15) is 18.1 Å². The summed E-state index contributed by atoms with van der Waals surface area (Å²) in [4.78, 5) is 47.7. The number of amides is 3. The van der Waals surface area contributed by atoms with Gasteiger partial charge < -0.3 is 14.4 Å². The van der Waals surface area contributed by atoms with Crippen LogP contribution >= 0.6 is 0 Å². The molecule has 2 heterocycles. The van der Waals surface area contributed by atoms with Crippen LogP contribution in [0.2, 0.25) is 0 Å². The summed E-state index contributed by atoms with van der Waals surface area (Å²) >= 11 is 0. The highest BCUT2D eigenvalue weighted by Gasteiger charge is 2.39. The van der Waals surface area contributed by atoms with E-state index in [1.807, 2.05) is 6.07 Å². The highest BCUT2D eigenvalue weighted by molar-refractivity contribution is 6.05. The first-order chi connectivity index (χ1) is 12.1. The molecule has 25 heavy (non-hydrogen) atoms. The van der Waals surface area contributed by atoms with Crippen LogP contribution < -0.4 is 10.1 Å². The van der Waals surface area contributed by atoms with Crippen LogP contribution in [-0.2, 0) is 20.9 Å². The molecular weight excluding hydrogens is 324 g/mol. The molecule has 0 radical (unpaired) electrons. The Balaban J connectivity index is 1.64. The van der Waals surface area contributed by atoms with E-state index in [1.54, 1.807) is 12.1 Å². The number of carbonyl (C=O) groups excluding carboxylic acids is 4. The lowest BCUT2D eigenvalue weighted by Gasteiger charge is -2.29. The Hall–Kier alpha value is -2.70. The lowest BCUT2D eigenvalue weighted by molar-refractivity contribution is -0.136. The van der Waals surface area contributed by atoms with Gasteiger partial charge in [-0.3, -0.25) is 19.7 Å². The molecule has 0 aromatic heterocycles. The minimum absolute atomic E-state index is 0.212. The predicted octanol–water partition coefficient (Wildman–Crippen LogP) is 1.20. The van der Waals surface area contributed by atoms with Crippen LogP contribution in [0, 0.1) is 0 Å². The van der Waals surface area contributed by atoms with Crippen LogP contribution in [0.25, 0.3) is 0 Å². The van der Waals surface area contributed by atoms with Crippen molar-refractivity contribution in [3.05, 3.63) is 29.3 Å². The van der Waals surface area contributed by atoms with Crippen molar-refractivity contribution in [1.29, 1.82) is 0 Å². The summed E-state index contributed by atoms with van der Waals surface area (Å²) < 4.78 is 5.63. The molecule has 7 heteroatoms. The number of benzene rings is 1. The average Bonchev–Trinajstić information content (AvgIpc) is 2.91. The van der Waals surface area contributed by atoms with Crippen molar-refractivity contribution in [3.8, 4) is 5.75 Å². The van der Waals surface area contributed by atoms with Crippen molar-refractivity contribution >= 4 is 24.0 Å². The highest BCUT2D eigenvalue weighted by atomic mass is 16.5. The Morgan fingerprint density at radius 1 is 1.24 bits per heavy atom. The monoisotopic (exact) mass is 344 g/mol. The largest absolute Gasteiger partial charge is 0.494 e. The summed E-state index contributed by atoms with van der Waals surface area (Å²) in [6, 6.07) is 4.73. The van der Waals surface area contributed by atoms with Gasteiger partial charge >= 0.3 is 0 Å². The van der Waals surface area contributed by atoms with Crippen molar-refractivity contribution in [1.82, 2.24) is 10.2 Å². The predicted molar refractivity (Wildman–Crippen MR) is 87.9 cm³/mol. The topological polar surface area (TPSA) is 92.8 Å². The number of nitrogens with zero attached hydrogens (tertiary/aromatic N) is 1. The van der Waals surface area contributed by atoms with E-state index in [0.29, 0.717) is 37.3 Å². The molecule has 3 amide bonds. The maximum Gasteiger partial charge on any atom is 0.255 e. The van der Waals surface area contributed by atoms with E-state index < -0.39 is 11.9 Å². The second-order valence-electron chi connectivity index (χ2n) is 6.23. The Bertz CT molecular complexity index is 715. The zero-order chi connectivity index (χ0) is 17.8. The van der Waals surface area contributed by atoms with Crippen molar-refractivity contribution in [2.45, 2.75) is 44.7 Å². The Morgan fingerprint density at radius 2 is 2.08 bits per heavy atom. The quantitative estimate of drug-likeness (QED) is 0.456. The van der Waals surface area contributed by atoms with Crippen molar-refractivity contribution in [2.24, 2.45) is 0 Å². The number of hydrogen-bond acceptors (Lipinski definition) is 5. The first-order valence-electron chi connectivity index (χ1n) is 8.44. The first-order valence-corrected chi connectivity index (χ1v) is 8.44. The molecule has 1 saturated heterocycles. The molecule has 132 valence electrons. The van der Waals surface area contributed by atoms with Crippen LogP contribution in [0.1, 0.15) is 48.0 Å². The van der Waals surface area contributed by atoms with Crippen molar-refractivity contribution in [2.75, 3.05) is 6.61 Å². The first kappa shape index (κ1) is 17.1. The second-order valence-corrected chi connectivity index (χ2v) is 6.23. The van der Waals surface area contributed by atoms with Gasteiger partial charge in [0.05, 0.1) is 6.61 Å². The number of unbranched alkanes of at least 4 members (excludes halogenated alkanes) is 2. The van der Waals surface area contributed by atoms with Crippen LogP contribution in [-0.4, -0.2) is 41.6 Å². The van der Waals surface area contributed by atoms with Gasteiger partial charge in [-0.15, -0.1) is 0 Å². The molecule has 1 aromatic rings. The van der Waals surface area contributed by atoms with E-state index in [9.17, 15) is 19.2 Å². The summed E-state index contributed by atoms with van der Waals surface area (Å²) in [5.74, 6) is -0.320. The van der Waals surface area contributed by atoms with Gasteiger partial charge in [-0.1, -0.05) is 6.07 Å². The summed E-state index contributed by atoms with van der Waals surface area (Å²) in [6.45, 7) is 0.845. The Morgan fingerprint density at radius 3 is 2.84 bits per heavy atom. The molecular formula is C18H20N2O5. The number of hydrogen-bond donors (Lipinski definition) is 1. The van der Waals surface area contributed by atoms with E-state index >= 15 is 0 Å². The third kappa shape index (κ3) is 3.70. The molecule has 7 nitrogen and oxygen atoms in total. The number of fused-ring (bicyclic) bond motifs is 1. The SMILES string of the molecule is O=CCCCCOc1ccc2c(c1)C(=O)N(C1CCC(=O)NC1=O)C2. The van der Waals surface area contributed by atoms with Crippen molar-refractivity contribution in [3.63, 3.8) is 0 Å². The molecule has 1 N–H and O–H groups in total. The molecule has 1 unspecified atom stereocenters.